The zero-order valence-electron chi connectivity index (χ0n) is 15.5. The molecule has 0 bridgehead atoms. The maximum Gasteiger partial charge on any atom is 0.337 e. The number of carbonyl (C=O) groups is 2. The highest BCUT2D eigenvalue weighted by Crippen LogP contribution is 2.14. The minimum absolute atomic E-state index is 0.273. The Morgan fingerprint density at radius 3 is 2.39 bits per heavy atom. The number of nitrogens with zero attached hydrogens (tertiary/aromatic N) is 1. The third-order valence-electron chi connectivity index (χ3n) is 4.15. The number of pyridine rings is 1. The van der Waals surface area contributed by atoms with Gasteiger partial charge in [0.15, 0.2) is 0 Å². The zero-order valence-corrected chi connectivity index (χ0v) is 15.5. The number of carbonyl (C=O) groups excluding carboxylic acids is 2. The zero-order chi connectivity index (χ0) is 19.8. The molecule has 1 heterocycles. The predicted molar refractivity (Wildman–Crippen MR) is 109 cm³/mol. The van der Waals surface area contributed by atoms with E-state index in [9.17, 15) is 9.59 Å². The number of hydrogen-bond acceptors (Lipinski definition) is 5. The molecule has 6 heteroatoms. The lowest BCUT2D eigenvalue weighted by Gasteiger charge is -2.09. The number of nitrogens with one attached hydrogen (secondary N) is 2. The number of methoxy groups -OCH3 is 1. The molecular weight excluding hydrogens is 354 g/mol. The maximum atomic E-state index is 12.5. The molecule has 0 unspecified atom stereocenters. The Morgan fingerprint density at radius 1 is 0.929 bits per heavy atom. The van der Waals surface area contributed by atoms with E-state index in [-0.39, 0.29) is 5.91 Å². The predicted octanol–water partition coefficient (Wildman–Crippen LogP) is 3.78. The van der Waals surface area contributed by atoms with E-state index in [1.807, 2.05) is 18.2 Å². The van der Waals surface area contributed by atoms with E-state index < -0.39 is 5.97 Å². The van der Waals surface area contributed by atoms with Crippen molar-refractivity contribution in [3.63, 3.8) is 0 Å². The molecule has 28 heavy (non-hydrogen) atoms. The summed E-state index contributed by atoms with van der Waals surface area (Å²) in [6.45, 7) is 0.742. The van der Waals surface area contributed by atoms with Gasteiger partial charge in [-0.2, -0.15) is 0 Å². The van der Waals surface area contributed by atoms with Crippen LogP contribution in [0, 0.1) is 0 Å². The van der Waals surface area contributed by atoms with Crippen LogP contribution in [0.4, 0.5) is 11.4 Å². The first-order valence-electron chi connectivity index (χ1n) is 8.88. The number of esters is 1. The summed E-state index contributed by atoms with van der Waals surface area (Å²) < 4.78 is 4.66. The average Bonchev–Trinajstić information content (AvgIpc) is 2.74. The van der Waals surface area contributed by atoms with Crippen LogP contribution in [0.2, 0.25) is 0 Å². The summed E-state index contributed by atoms with van der Waals surface area (Å²) in [5, 5.41) is 6.08. The highest BCUT2D eigenvalue weighted by Gasteiger charge is 2.09. The van der Waals surface area contributed by atoms with Crippen LogP contribution < -0.4 is 10.6 Å². The largest absolute Gasteiger partial charge is 0.465 e. The third kappa shape index (κ3) is 5.17. The Morgan fingerprint density at radius 2 is 1.68 bits per heavy atom. The van der Waals surface area contributed by atoms with Gasteiger partial charge in [-0.25, -0.2) is 4.79 Å². The van der Waals surface area contributed by atoms with Crippen LogP contribution in [0.3, 0.4) is 0 Å². The van der Waals surface area contributed by atoms with Gasteiger partial charge in [-0.05, 0) is 42.3 Å². The lowest BCUT2D eigenvalue weighted by atomic mass is 10.1. The van der Waals surface area contributed by atoms with E-state index in [1.54, 1.807) is 36.5 Å². The quantitative estimate of drug-likeness (QED) is 0.615. The summed E-state index contributed by atoms with van der Waals surface area (Å²) in [6.07, 6.45) is 4.08. The number of anilines is 2. The summed E-state index contributed by atoms with van der Waals surface area (Å²) in [6, 6.07) is 18.4. The second-order valence-corrected chi connectivity index (χ2v) is 6.15. The van der Waals surface area contributed by atoms with Crippen molar-refractivity contribution in [1.82, 2.24) is 4.98 Å². The Hall–Kier alpha value is -3.67. The van der Waals surface area contributed by atoms with Crippen LogP contribution in [0.25, 0.3) is 0 Å². The molecule has 0 saturated carbocycles. The fourth-order valence-electron chi connectivity index (χ4n) is 2.67. The first-order valence-corrected chi connectivity index (χ1v) is 8.88. The number of aromatic nitrogens is 1. The standard InChI is InChI=1S/C22H21N3O3/c1-28-22(27)17-7-9-19(10-8-17)25-21(26)18-13-20(15-23-14-18)24-12-11-16-5-3-2-4-6-16/h2-10,13-15,24H,11-12H2,1H3,(H,25,26). The Balaban J connectivity index is 1.58. The highest BCUT2D eigenvalue weighted by atomic mass is 16.5. The second kappa shape index (κ2) is 9.32. The molecule has 0 aliphatic rings. The summed E-state index contributed by atoms with van der Waals surface area (Å²) >= 11 is 0. The van der Waals surface area contributed by atoms with Crippen molar-refractivity contribution >= 4 is 23.3 Å². The van der Waals surface area contributed by atoms with E-state index in [2.05, 4.69) is 32.5 Å². The molecular formula is C22H21N3O3. The maximum absolute atomic E-state index is 12.5. The Kier molecular flexibility index (Phi) is 6.36. The molecule has 6 nitrogen and oxygen atoms in total. The number of amides is 1. The monoisotopic (exact) mass is 375 g/mol. The number of rotatable bonds is 7. The van der Waals surface area contributed by atoms with Gasteiger partial charge in [0, 0.05) is 24.6 Å². The summed E-state index contributed by atoms with van der Waals surface area (Å²) in [7, 11) is 1.33. The van der Waals surface area contributed by atoms with Gasteiger partial charge in [0.05, 0.1) is 23.9 Å². The van der Waals surface area contributed by atoms with Gasteiger partial charge in [-0.15, -0.1) is 0 Å². The van der Waals surface area contributed by atoms with Gasteiger partial charge in [0.25, 0.3) is 5.91 Å². The smallest absolute Gasteiger partial charge is 0.337 e. The van der Waals surface area contributed by atoms with E-state index in [0.29, 0.717) is 16.8 Å². The molecule has 1 amide bonds. The van der Waals surface area contributed by atoms with Gasteiger partial charge in [-0.1, -0.05) is 30.3 Å². The molecule has 0 aliphatic heterocycles. The number of ether oxygens (including phenoxy) is 1. The molecule has 1 aromatic heterocycles. The van der Waals surface area contributed by atoms with Crippen LogP contribution in [0.15, 0.2) is 73.1 Å². The molecule has 0 fully saturated rings. The van der Waals surface area contributed by atoms with Gasteiger partial charge in [-0.3, -0.25) is 9.78 Å². The van der Waals surface area contributed by atoms with E-state index in [4.69, 9.17) is 0 Å². The Labute approximate surface area is 163 Å². The molecule has 3 rings (SSSR count). The van der Waals surface area contributed by atoms with Crippen molar-refractivity contribution in [3.8, 4) is 0 Å². The van der Waals surface area contributed by atoms with Crippen LogP contribution in [-0.2, 0) is 11.2 Å². The van der Waals surface area contributed by atoms with E-state index in [1.165, 1.54) is 18.9 Å². The van der Waals surface area contributed by atoms with E-state index in [0.717, 1.165) is 18.7 Å². The summed E-state index contributed by atoms with van der Waals surface area (Å²) in [5.74, 6) is -0.693. The summed E-state index contributed by atoms with van der Waals surface area (Å²) in [4.78, 5) is 28.1. The second-order valence-electron chi connectivity index (χ2n) is 6.15. The van der Waals surface area contributed by atoms with Crippen LogP contribution >= 0.6 is 0 Å². The first-order chi connectivity index (χ1) is 13.7. The SMILES string of the molecule is COC(=O)c1ccc(NC(=O)c2cncc(NCCc3ccccc3)c2)cc1. The minimum Gasteiger partial charge on any atom is -0.465 e. The summed E-state index contributed by atoms with van der Waals surface area (Å²) in [5.41, 5.74) is 3.48. The molecule has 0 radical (unpaired) electrons. The fourth-order valence-corrected chi connectivity index (χ4v) is 2.67. The van der Waals surface area contributed by atoms with Crippen molar-refractivity contribution in [2.24, 2.45) is 0 Å². The minimum atomic E-state index is -0.420. The van der Waals surface area contributed by atoms with Crippen LogP contribution in [0.5, 0.6) is 0 Å². The lowest BCUT2D eigenvalue weighted by Crippen LogP contribution is -2.13. The highest BCUT2D eigenvalue weighted by molar-refractivity contribution is 6.04. The van der Waals surface area contributed by atoms with Crippen LogP contribution in [0.1, 0.15) is 26.3 Å². The van der Waals surface area contributed by atoms with E-state index >= 15 is 0 Å². The van der Waals surface area contributed by atoms with Crippen molar-refractivity contribution in [2.75, 3.05) is 24.3 Å². The average molecular weight is 375 g/mol. The normalized spacial score (nSPS) is 10.2. The number of hydrogen-bond donors (Lipinski definition) is 2. The lowest BCUT2D eigenvalue weighted by molar-refractivity contribution is 0.0600. The Bertz CT molecular complexity index is 941. The van der Waals surface area contributed by atoms with Gasteiger partial charge < -0.3 is 15.4 Å². The molecule has 3 aromatic rings. The van der Waals surface area contributed by atoms with Crippen molar-refractivity contribution in [2.45, 2.75) is 6.42 Å². The first kappa shape index (κ1) is 19.1. The van der Waals surface area contributed by atoms with Gasteiger partial charge >= 0.3 is 5.97 Å². The topological polar surface area (TPSA) is 80.3 Å². The molecule has 0 atom stereocenters. The van der Waals surface area contributed by atoms with Gasteiger partial charge in [0.2, 0.25) is 0 Å². The molecule has 0 aliphatic carbocycles. The number of benzene rings is 2. The van der Waals surface area contributed by atoms with Crippen molar-refractivity contribution < 1.29 is 14.3 Å². The van der Waals surface area contributed by atoms with Crippen molar-refractivity contribution in [1.29, 1.82) is 0 Å². The fraction of sp³-hybridized carbons (Fsp3) is 0.136. The molecule has 2 N–H and O–H groups in total. The molecule has 0 saturated heterocycles. The molecule has 2 aromatic carbocycles. The third-order valence-corrected chi connectivity index (χ3v) is 4.15. The van der Waals surface area contributed by atoms with Crippen LogP contribution in [-0.4, -0.2) is 30.5 Å². The molecule has 0 spiro atoms. The molecule has 142 valence electrons. The van der Waals surface area contributed by atoms with Gasteiger partial charge in [0.1, 0.15) is 0 Å². The van der Waals surface area contributed by atoms with Crippen molar-refractivity contribution in [3.05, 3.63) is 89.7 Å².